The van der Waals surface area contributed by atoms with E-state index in [1.54, 1.807) is 18.2 Å². The first kappa shape index (κ1) is 14.4. The predicted molar refractivity (Wildman–Crippen MR) is 76.1 cm³/mol. The van der Waals surface area contributed by atoms with Crippen LogP contribution in [-0.2, 0) is 6.42 Å². The number of hydrogen-bond acceptors (Lipinski definition) is 1. The summed E-state index contributed by atoms with van der Waals surface area (Å²) in [5.74, 6) is -1.73. The first-order valence-electron chi connectivity index (χ1n) is 5.62. The summed E-state index contributed by atoms with van der Waals surface area (Å²) in [6, 6.07) is 8.85. The number of rotatable bonds is 3. The van der Waals surface area contributed by atoms with E-state index in [0.29, 0.717) is 10.6 Å². The Hall–Kier alpha value is -0.970. The van der Waals surface area contributed by atoms with Crippen LogP contribution >= 0.6 is 27.5 Å². The molecule has 0 spiro atoms. The van der Waals surface area contributed by atoms with E-state index in [1.165, 1.54) is 12.1 Å². The normalized spacial score (nSPS) is 12.5. The van der Waals surface area contributed by atoms with E-state index in [4.69, 9.17) is 17.3 Å². The summed E-state index contributed by atoms with van der Waals surface area (Å²) in [5, 5.41) is 0.507. The van der Waals surface area contributed by atoms with E-state index in [-0.39, 0.29) is 12.0 Å². The Kier molecular flexibility index (Phi) is 4.55. The molecule has 2 aromatic carbocycles. The van der Waals surface area contributed by atoms with Crippen molar-refractivity contribution in [2.24, 2.45) is 5.73 Å². The maximum absolute atomic E-state index is 13.6. The van der Waals surface area contributed by atoms with Crippen molar-refractivity contribution in [3.05, 3.63) is 68.7 Å². The minimum absolute atomic E-state index is 0.180. The Morgan fingerprint density at radius 1 is 1.21 bits per heavy atom. The van der Waals surface area contributed by atoms with Gasteiger partial charge in [-0.2, -0.15) is 0 Å². The van der Waals surface area contributed by atoms with Crippen LogP contribution < -0.4 is 5.73 Å². The first-order valence-corrected chi connectivity index (χ1v) is 6.79. The molecule has 0 radical (unpaired) electrons. The van der Waals surface area contributed by atoms with Gasteiger partial charge in [0.2, 0.25) is 0 Å². The maximum Gasteiger partial charge on any atom is 0.162 e. The van der Waals surface area contributed by atoms with Crippen LogP contribution in [0, 0.1) is 11.6 Å². The number of hydrogen-bond donors (Lipinski definition) is 1. The molecule has 5 heteroatoms. The lowest BCUT2D eigenvalue weighted by Gasteiger charge is -2.15. The highest BCUT2D eigenvalue weighted by atomic mass is 79.9. The van der Waals surface area contributed by atoms with Crippen molar-refractivity contribution in [3.8, 4) is 0 Å². The van der Waals surface area contributed by atoms with E-state index in [1.807, 2.05) is 0 Å². The highest BCUT2D eigenvalue weighted by molar-refractivity contribution is 9.10. The van der Waals surface area contributed by atoms with E-state index >= 15 is 0 Å². The molecule has 2 rings (SSSR count). The molecule has 19 heavy (non-hydrogen) atoms. The van der Waals surface area contributed by atoms with Crippen LogP contribution in [0.2, 0.25) is 5.02 Å². The summed E-state index contributed by atoms with van der Waals surface area (Å²) >= 11 is 9.39. The minimum atomic E-state index is -0.870. The van der Waals surface area contributed by atoms with Crippen molar-refractivity contribution in [1.29, 1.82) is 0 Å². The topological polar surface area (TPSA) is 26.0 Å². The van der Waals surface area contributed by atoms with E-state index in [0.717, 1.165) is 10.5 Å². The average molecular weight is 347 g/mol. The molecule has 2 N–H and O–H groups in total. The smallest absolute Gasteiger partial charge is 0.162 e. The Morgan fingerprint density at radius 3 is 2.68 bits per heavy atom. The summed E-state index contributed by atoms with van der Waals surface area (Å²) < 4.78 is 27.5. The van der Waals surface area contributed by atoms with Crippen LogP contribution in [0.4, 0.5) is 8.78 Å². The molecule has 100 valence electrons. The highest BCUT2D eigenvalue weighted by Crippen LogP contribution is 2.28. The molecule has 0 aliphatic heterocycles. The van der Waals surface area contributed by atoms with Gasteiger partial charge in [0.05, 0.1) is 0 Å². The molecule has 0 fully saturated rings. The third kappa shape index (κ3) is 3.32. The zero-order chi connectivity index (χ0) is 14.0. The highest BCUT2D eigenvalue weighted by Gasteiger charge is 2.15. The lowest BCUT2D eigenvalue weighted by molar-refractivity contribution is 0.494. The molecule has 0 bridgehead atoms. The second-order valence-electron chi connectivity index (χ2n) is 4.19. The molecule has 1 nitrogen and oxygen atoms in total. The zero-order valence-corrected chi connectivity index (χ0v) is 12.2. The molecule has 0 saturated carbocycles. The minimum Gasteiger partial charge on any atom is -0.324 e. The number of nitrogens with two attached hydrogens (primary N) is 1. The van der Waals surface area contributed by atoms with Gasteiger partial charge in [-0.05, 0) is 41.8 Å². The van der Waals surface area contributed by atoms with Gasteiger partial charge in [-0.25, -0.2) is 8.78 Å². The lowest BCUT2D eigenvalue weighted by atomic mass is 9.99. The molecule has 0 heterocycles. The second-order valence-corrected chi connectivity index (χ2v) is 5.51. The first-order chi connectivity index (χ1) is 8.99. The van der Waals surface area contributed by atoms with Gasteiger partial charge in [0.1, 0.15) is 0 Å². The van der Waals surface area contributed by atoms with E-state index in [2.05, 4.69) is 15.9 Å². The molecular weight excluding hydrogens is 336 g/mol. The molecule has 0 amide bonds. The molecule has 1 unspecified atom stereocenters. The van der Waals surface area contributed by atoms with Gasteiger partial charge >= 0.3 is 0 Å². The molecule has 2 aromatic rings. The molecule has 0 saturated heterocycles. The molecule has 1 atom stereocenters. The molecular formula is C14H11BrClF2N. The van der Waals surface area contributed by atoms with Crippen LogP contribution in [-0.4, -0.2) is 0 Å². The molecule has 0 aliphatic rings. The second kappa shape index (κ2) is 5.99. The summed E-state index contributed by atoms with van der Waals surface area (Å²) in [5.41, 5.74) is 6.95. The van der Waals surface area contributed by atoms with Crippen LogP contribution in [0.25, 0.3) is 0 Å². The summed E-state index contributed by atoms with van der Waals surface area (Å²) in [7, 11) is 0. The van der Waals surface area contributed by atoms with Gasteiger partial charge in [0, 0.05) is 15.5 Å². The molecule has 0 aliphatic carbocycles. The number of halogens is 4. The van der Waals surface area contributed by atoms with Crippen molar-refractivity contribution >= 4 is 27.5 Å². The fraction of sp³-hybridized carbons (Fsp3) is 0.143. The molecule has 0 aromatic heterocycles. The Labute approximate surface area is 123 Å². The zero-order valence-electron chi connectivity index (χ0n) is 9.84. The standard InChI is InChI=1S/C14H11BrClF2N/c15-9-4-5-11(16)10(7-9)13(19)6-8-2-1-3-12(17)14(8)18/h1-5,7,13H,6,19H2. The van der Waals surface area contributed by atoms with Gasteiger partial charge < -0.3 is 5.73 Å². The Morgan fingerprint density at radius 2 is 1.95 bits per heavy atom. The maximum atomic E-state index is 13.6. The van der Waals surface area contributed by atoms with Gasteiger partial charge in [0.25, 0.3) is 0 Å². The summed E-state index contributed by atoms with van der Waals surface area (Å²) in [6.07, 6.45) is 0.180. The van der Waals surface area contributed by atoms with Gasteiger partial charge in [-0.15, -0.1) is 0 Å². The van der Waals surface area contributed by atoms with E-state index < -0.39 is 17.7 Å². The van der Waals surface area contributed by atoms with Crippen molar-refractivity contribution in [2.45, 2.75) is 12.5 Å². The van der Waals surface area contributed by atoms with Gasteiger partial charge in [-0.3, -0.25) is 0 Å². The Bertz CT molecular complexity index is 604. The fourth-order valence-electron chi connectivity index (χ4n) is 1.85. The number of benzene rings is 2. The van der Waals surface area contributed by atoms with E-state index in [9.17, 15) is 8.78 Å². The largest absolute Gasteiger partial charge is 0.324 e. The monoisotopic (exact) mass is 345 g/mol. The van der Waals surface area contributed by atoms with Crippen LogP contribution in [0.1, 0.15) is 17.2 Å². The van der Waals surface area contributed by atoms with Gasteiger partial charge in [-0.1, -0.05) is 39.7 Å². The quantitative estimate of drug-likeness (QED) is 0.862. The summed E-state index contributed by atoms with van der Waals surface area (Å²) in [4.78, 5) is 0. The lowest BCUT2D eigenvalue weighted by Crippen LogP contribution is -2.15. The summed E-state index contributed by atoms with van der Waals surface area (Å²) in [6.45, 7) is 0. The third-order valence-electron chi connectivity index (χ3n) is 2.83. The van der Waals surface area contributed by atoms with Crippen molar-refractivity contribution in [3.63, 3.8) is 0 Å². The third-order valence-corrected chi connectivity index (χ3v) is 3.67. The van der Waals surface area contributed by atoms with Crippen LogP contribution in [0.15, 0.2) is 40.9 Å². The van der Waals surface area contributed by atoms with Crippen molar-refractivity contribution in [2.75, 3.05) is 0 Å². The van der Waals surface area contributed by atoms with Crippen LogP contribution in [0.5, 0.6) is 0 Å². The SMILES string of the molecule is NC(Cc1cccc(F)c1F)c1cc(Br)ccc1Cl. The van der Waals surface area contributed by atoms with Crippen LogP contribution in [0.3, 0.4) is 0 Å². The van der Waals surface area contributed by atoms with Gasteiger partial charge in [0.15, 0.2) is 11.6 Å². The van der Waals surface area contributed by atoms with Crippen molar-refractivity contribution < 1.29 is 8.78 Å². The predicted octanol–water partition coefficient (Wildman–Crippen LogP) is 4.62. The average Bonchev–Trinajstić information content (AvgIpc) is 2.38. The fourth-order valence-corrected chi connectivity index (χ4v) is 2.49. The van der Waals surface area contributed by atoms with Crippen molar-refractivity contribution in [1.82, 2.24) is 0 Å². The Balaban J connectivity index is 2.28.